The van der Waals surface area contributed by atoms with Crippen molar-refractivity contribution < 1.29 is 35.9 Å². The molecule has 2 atom stereocenters. The van der Waals surface area contributed by atoms with Crippen molar-refractivity contribution in [2.75, 3.05) is 18.0 Å². The van der Waals surface area contributed by atoms with Gasteiger partial charge in [-0.1, -0.05) is 23.4 Å². The topological polar surface area (TPSA) is 98.1 Å². The van der Waals surface area contributed by atoms with Crippen molar-refractivity contribution in [2.45, 2.75) is 51.3 Å². The van der Waals surface area contributed by atoms with Gasteiger partial charge < -0.3 is 15.0 Å². The van der Waals surface area contributed by atoms with Gasteiger partial charge >= 0.3 is 18.4 Å². The first-order valence-electron chi connectivity index (χ1n) is 10.8. The summed E-state index contributed by atoms with van der Waals surface area (Å²) in [5, 5.41) is 10.7. The van der Waals surface area contributed by atoms with E-state index in [1.165, 1.54) is 25.1 Å². The highest BCUT2D eigenvalue weighted by Crippen LogP contribution is 2.33. The number of amides is 1. The Bertz CT molecular complexity index is 1260. The fourth-order valence-corrected chi connectivity index (χ4v) is 3.88. The molecule has 0 saturated carbocycles. The number of carbonyl (C=O) groups is 1. The second-order valence-corrected chi connectivity index (χ2v) is 8.34. The summed E-state index contributed by atoms with van der Waals surface area (Å²) >= 11 is 0. The van der Waals surface area contributed by atoms with Gasteiger partial charge in [-0.2, -0.15) is 36.3 Å². The highest BCUT2D eigenvalue weighted by Gasteiger charge is 2.39. The Kier molecular flexibility index (Phi) is 6.66. The molecule has 36 heavy (non-hydrogen) atoms. The van der Waals surface area contributed by atoms with Crippen LogP contribution < -0.4 is 15.0 Å². The van der Waals surface area contributed by atoms with Crippen molar-refractivity contribution in [2.24, 2.45) is 0 Å². The Morgan fingerprint density at radius 3 is 2.58 bits per heavy atom. The summed E-state index contributed by atoms with van der Waals surface area (Å²) in [6, 6.07) is 3.99. The lowest BCUT2D eigenvalue weighted by molar-refractivity contribution is -0.190. The van der Waals surface area contributed by atoms with Crippen molar-refractivity contribution in [3.8, 4) is 6.01 Å². The third-order valence-electron chi connectivity index (χ3n) is 5.61. The summed E-state index contributed by atoms with van der Waals surface area (Å²) in [6.07, 6.45) is -11.0. The van der Waals surface area contributed by atoms with E-state index in [0.29, 0.717) is 13.0 Å². The number of hydrogen-bond acceptors (Lipinski definition) is 7. The molecule has 0 aliphatic carbocycles. The molecule has 1 unspecified atom stereocenters. The van der Waals surface area contributed by atoms with Gasteiger partial charge in [0.15, 0.2) is 23.1 Å². The van der Waals surface area contributed by atoms with E-state index in [0.717, 1.165) is 17.7 Å². The number of benzene rings is 1. The molecule has 4 rings (SSSR count). The Balaban J connectivity index is 1.76. The summed E-state index contributed by atoms with van der Waals surface area (Å²) in [5.41, 5.74) is -1.03. The van der Waals surface area contributed by atoms with Crippen molar-refractivity contribution in [3.05, 3.63) is 35.4 Å². The number of aromatic nitrogens is 5. The molecule has 1 saturated heterocycles. The number of hydrogen-bond donors (Lipinski definition) is 1. The second kappa shape index (κ2) is 9.43. The van der Waals surface area contributed by atoms with E-state index in [-0.39, 0.29) is 41.0 Å². The molecule has 1 aromatic carbocycles. The third kappa shape index (κ3) is 5.44. The summed E-state index contributed by atoms with van der Waals surface area (Å²) in [6.45, 7) is 2.41. The minimum atomic E-state index is -4.70. The lowest BCUT2D eigenvalue weighted by atomic mass is 10.1. The minimum absolute atomic E-state index is 0.0787. The molecule has 2 aromatic heterocycles. The summed E-state index contributed by atoms with van der Waals surface area (Å²) in [7, 11) is 0. The maximum Gasteiger partial charge on any atom is 0.425 e. The number of nitrogens with zero attached hydrogens (tertiary/aromatic N) is 6. The lowest BCUT2D eigenvalue weighted by Crippen LogP contribution is -2.36. The summed E-state index contributed by atoms with van der Waals surface area (Å²) in [4.78, 5) is 21.2. The van der Waals surface area contributed by atoms with Gasteiger partial charge in [0, 0.05) is 26.1 Å². The van der Waals surface area contributed by atoms with E-state index in [9.17, 15) is 31.1 Å². The highest BCUT2D eigenvalue weighted by molar-refractivity contribution is 5.83. The van der Waals surface area contributed by atoms with Crippen LogP contribution in [-0.2, 0) is 17.5 Å². The van der Waals surface area contributed by atoms with Gasteiger partial charge in [-0.25, -0.2) is 4.68 Å². The molecule has 1 aliphatic heterocycles. The van der Waals surface area contributed by atoms with Crippen LogP contribution in [0.1, 0.15) is 31.4 Å². The number of carbonyl (C=O) groups excluding carboxylic acids is 1. The zero-order chi connectivity index (χ0) is 26.3. The van der Waals surface area contributed by atoms with E-state index in [1.807, 2.05) is 0 Å². The average Bonchev–Trinajstić information content (AvgIpc) is 3.39. The van der Waals surface area contributed by atoms with E-state index >= 15 is 0 Å². The molecule has 0 spiro atoms. The number of alkyl halides is 6. The molecule has 15 heteroatoms. The van der Waals surface area contributed by atoms with E-state index in [4.69, 9.17) is 4.74 Å². The van der Waals surface area contributed by atoms with Crippen molar-refractivity contribution in [3.63, 3.8) is 0 Å². The van der Waals surface area contributed by atoms with Crippen molar-refractivity contribution >= 4 is 22.9 Å². The first kappa shape index (κ1) is 25.4. The zero-order valence-corrected chi connectivity index (χ0v) is 19.1. The standard InChI is InChI=1S/C21H21F6N7O2/c1-11(20(22,23)24)36-19-29-17(33-8-7-14(10-33)28-12(2)35)16-18(30-19)34(32-31-16)9-13-5-3-4-6-15(13)21(25,26)27/h3-6,11,14H,7-10H2,1-2H3,(H,28,35)/t11?,14-/m0/s1. The van der Waals surface area contributed by atoms with Gasteiger partial charge in [0.1, 0.15) is 0 Å². The van der Waals surface area contributed by atoms with E-state index < -0.39 is 36.6 Å². The predicted octanol–water partition coefficient (Wildman–Crippen LogP) is 3.33. The summed E-state index contributed by atoms with van der Waals surface area (Å²) in [5.74, 6) is -0.139. The number of anilines is 1. The maximum atomic E-state index is 13.5. The number of halogens is 6. The van der Waals surface area contributed by atoms with Gasteiger partial charge in [0.05, 0.1) is 12.1 Å². The molecular weight excluding hydrogens is 496 g/mol. The normalized spacial score (nSPS) is 17.4. The molecule has 0 radical (unpaired) electrons. The van der Waals surface area contributed by atoms with Gasteiger partial charge in [-0.15, -0.1) is 5.10 Å². The largest absolute Gasteiger partial charge is 0.451 e. The molecule has 1 amide bonds. The molecule has 3 aromatic rings. The SMILES string of the molecule is CC(=O)N[C@H]1CCN(c2nc(OC(C)C(F)(F)F)nc3c2nnn3Cc2ccccc2C(F)(F)F)C1. The van der Waals surface area contributed by atoms with Gasteiger partial charge in [0.25, 0.3) is 0 Å². The predicted molar refractivity (Wildman–Crippen MR) is 114 cm³/mol. The van der Waals surface area contributed by atoms with Crippen LogP contribution in [0.4, 0.5) is 32.2 Å². The van der Waals surface area contributed by atoms with Gasteiger partial charge in [-0.05, 0) is 25.0 Å². The number of nitrogens with one attached hydrogen (secondary N) is 1. The van der Waals surface area contributed by atoms with Gasteiger partial charge in [-0.3, -0.25) is 4.79 Å². The third-order valence-corrected chi connectivity index (χ3v) is 5.61. The fourth-order valence-electron chi connectivity index (χ4n) is 3.88. The van der Waals surface area contributed by atoms with Crippen LogP contribution in [0.25, 0.3) is 11.2 Å². The van der Waals surface area contributed by atoms with Crippen LogP contribution in [-0.4, -0.2) is 62.3 Å². The minimum Gasteiger partial charge on any atom is -0.451 e. The smallest absolute Gasteiger partial charge is 0.425 e. The number of ether oxygens (including phenoxy) is 1. The van der Waals surface area contributed by atoms with Crippen molar-refractivity contribution in [1.82, 2.24) is 30.3 Å². The van der Waals surface area contributed by atoms with E-state index in [1.54, 1.807) is 4.90 Å². The maximum absolute atomic E-state index is 13.5. The molecule has 0 bridgehead atoms. The average molecular weight is 517 g/mol. The summed E-state index contributed by atoms with van der Waals surface area (Å²) < 4.78 is 85.8. The molecule has 1 fully saturated rings. The fraction of sp³-hybridized carbons (Fsp3) is 0.476. The monoisotopic (exact) mass is 517 g/mol. The molecule has 3 heterocycles. The van der Waals surface area contributed by atoms with Crippen molar-refractivity contribution in [1.29, 1.82) is 0 Å². The van der Waals surface area contributed by atoms with Crippen LogP contribution >= 0.6 is 0 Å². The lowest BCUT2D eigenvalue weighted by Gasteiger charge is -2.20. The molecule has 9 nitrogen and oxygen atoms in total. The van der Waals surface area contributed by atoms with Gasteiger partial charge in [0.2, 0.25) is 5.91 Å². The molecule has 194 valence electrons. The Labute approximate surface area is 200 Å². The van der Waals surface area contributed by atoms with Crippen LogP contribution in [0.2, 0.25) is 0 Å². The Morgan fingerprint density at radius 1 is 1.19 bits per heavy atom. The quantitative estimate of drug-likeness (QED) is 0.501. The molecule has 1 N–H and O–H groups in total. The Hall–Kier alpha value is -3.65. The highest BCUT2D eigenvalue weighted by atomic mass is 19.4. The number of rotatable bonds is 6. The molecule has 1 aliphatic rings. The first-order chi connectivity index (χ1) is 16.8. The van der Waals surface area contributed by atoms with Crippen LogP contribution in [0.5, 0.6) is 6.01 Å². The molecular formula is C21H21F6N7O2. The zero-order valence-electron chi connectivity index (χ0n) is 19.1. The number of fused-ring (bicyclic) bond motifs is 1. The van der Waals surface area contributed by atoms with Crippen LogP contribution in [0, 0.1) is 0 Å². The Morgan fingerprint density at radius 2 is 1.92 bits per heavy atom. The van der Waals surface area contributed by atoms with Crippen LogP contribution in [0.3, 0.4) is 0 Å². The van der Waals surface area contributed by atoms with E-state index in [2.05, 4.69) is 25.6 Å². The van der Waals surface area contributed by atoms with Crippen LogP contribution in [0.15, 0.2) is 24.3 Å². The second-order valence-electron chi connectivity index (χ2n) is 8.34. The first-order valence-corrected chi connectivity index (χ1v) is 10.8.